The van der Waals surface area contributed by atoms with E-state index in [4.69, 9.17) is 0 Å². The Hall–Kier alpha value is -1.28. The van der Waals surface area contributed by atoms with E-state index >= 15 is 0 Å². The average molecular weight is 244 g/mol. The zero-order valence-electron chi connectivity index (χ0n) is 12.1. The van der Waals surface area contributed by atoms with Crippen molar-refractivity contribution in [3.63, 3.8) is 0 Å². The molecule has 0 saturated carbocycles. The highest BCUT2D eigenvalue weighted by atomic mass is 14.9. The molecule has 18 heavy (non-hydrogen) atoms. The topological polar surface area (TPSA) is 27.8 Å². The molecule has 0 atom stereocenters. The predicted molar refractivity (Wildman–Crippen MR) is 79.4 cm³/mol. The van der Waals surface area contributed by atoms with E-state index in [1.54, 1.807) is 0 Å². The summed E-state index contributed by atoms with van der Waals surface area (Å²) in [7, 11) is 0. The lowest BCUT2D eigenvalue weighted by Gasteiger charge is -2.08. The minimum absolute atomic E-state index is 0.555. The molecule has 1 aromatic carbocycles. The molecule has 1 heterocycles. The summed E-state index contributed by atoms with van der Waals surface area (Å²) in [5.41, 5.74) is 6.76. The lowest BCUT2D eigenvalue weighted by molar-refractivity contribution is 0.590. The largest absolute Gasteiger partial charge is 0.358 e. The van der Waals surface area contributed by atoms with Gasteiger partial charge < -0.3 is 10.3 Å². The highest BCUT2D eigenvalue weighted by molar-refractivity contribution is 5.88. The summed E-state index contributed by atoms with van der Waals surface area (Å²) in [5, 5.41) is 4.89. The third-order valence-corrected chi connectivity index (χ3v) is 3.50. The molecule has 0 spiro atoms. The van der Waals surface area contributed by atoms with Crippen molar-refractivity contribution in [3.05, 3.63) is 34.5 Å². The van der Waals surface area contributed by atoms with Gasteiger partial charge in [-0.1, -0.05) is 25.5 Å². The first-order chi connectivity index (χ1) is 8.49. The van der Waals surface area contributed by atoms with Crippen LogP contribution in [-0.2, 0) is 6.42 Å². The van der Waals surface area contributed by atoms with Crippen LogP contribution in [-0.4, -0.2) is 17.6 Å². The van der Waals surface area contributed by atoms with E-state index in [1.807, 2.05) is 0 Å². The lowest BCUT2D eigenvalue weighted by atomic mass is 10.0. The predicted octanol–water partition coefficient (Wildman–Crippen LogP) is 3.63. The van der Waals surface area contributed by atoms with Crippen LogP contribution < -0.4 is 5.32 Å². The lowest BCUT2D eigenvalue weighted by Crippen LogP contribution is -2.25. The van der Waals surface area contributed by atoms with Gasteiger partial charge in [0.05, 0.1) is 0 Å². The second-order valence-corrected chi connectivity index (χ2v) is 5.59. The Morgan fingerprint density at radius 3 is 2.56 bits per heavy atom. The number of rotatable bonds is 4. The molecule has 2 aromatic rings. The quantitative estimate of drug-likeness (QED) is 0.844. The summed E-state index contributed by atoms with van der Waals surface area (Å²) < 4.78 is 0. The van der Waals surface area contributed by atoms with Crippen LogP contribution in [0, 0.1) is 20.8 Å². The standard InChI is InChI=1S/C16H24N2/c1-10(2)17-7-6-14-13(5)18-16-12(4)8-11(3)9-15(14)16/h8-10,17-18H,6-7H2,1-5H3. The number of H-pyrrole nitrogens is 1. The van der Waals surface area contributed by atoms with Crippen molar-refractivity contribution in [2.24, 2.45) is 0 Å². The van der Waals surface area contributed by atoms with Crippen LogP contribution in [0.3, 0.4) is 0 Å². The number of hydrogen-bond donors (Lipinski definition) is 2. The van der Waals surface area contributed by atoms with Crippen LogP contribution in [0.5, 0.6) is 0 Å². The van der Waals surface area contributed by atoms with Crippen LogP contribution >= 0.6 is 0 Å². The van der Waals surface area contributed by atoms with Gasteiger partial charge in [-0.3, -0.25) is 0 Å². The summed E-state index contributed by atoms with van der Waals surface area (Å²) >= 11 is 0. The van der Waals surface area contributed by atoms with Gasteiger partial charge in [0.1, 0.15) is 0 Å². The van der Waals surface area contributed by atoms with Crippen molar-refractivity contribution in [2.75, 3.05) is 6.54 Å². The number of benzene rings is 1. The smallest absolute Gasteiger partial charge is 0.0488 e. The Kier molecular flexibility index (Phi) is 3.76. The fourth-order valence-electron chi connectivity index (χ4n) is 2.64. The molecular formula is C16H24N2. The Morgan fingerprint density at radius 1 is 1.17 bits per heavy atom. The Balaban J connectivity index is 2.34. The molecule has 0 bridgehead atoms. The number of nitrogens with one attached hydrogen (secondary N) is 2. The van der Waals surface area contributed by atoms with Gasteiger partial charge >= 0.3 is 0 Å². The second kappa shape index (κ2) is 5.15. The Bertz CT molecular complexity index is 550. The first kappa shape index (κ1) is 13.2. The van der Waals surface area contributed by atoms with Crippen molar-refractivity contribution in [2.45, 2.75) is 47.1 Å². The zero-order valence-corrected chi connectivity index (χ0v) is 12.1. The number of hydrogen-bond acceptors (Lipinski definition) is 1. The van der Waals surface area contributed by atoms with Crippen LogP contribution in [0.15, 0.2) is 12.1 Å². The zero-order chi connectivity index (χ0) is 13.3. The van der Waals surface area contributed by atoms with E-state index in [0.717, 1.165) is 13.0 Å². The van der Waals surface area contributed by atoms with Gasteiger partial charge in [-0.05, 0) is 50.9 Å². The summed E-state index contributed by atoms with van der Waals surface area (Å²) in [4.78, 5) is 3.53. The highest BCUT2D eigenvalue weighted by Crippen LogP contribution is 2.26. The fraction of sp³-hybridized carbons (Fsp3) is 0.500. The highest BCUT2D eigenvalue weighted by Gasteiger charge is 2.10. The molecular weight excluding hydrogens is 220 g/mol. The molecule has 0 aliphatic carbocycles. The molecule has 0 aliphatic heterocycles. The van der Waals surface area contributed by atoms with Gasteiger partial charge in [-0.25, -0.2) is 0 Å². The van der Waals surface area contributed by atoms with Gasteiger partial charge in [0, 0.05) is 22.6 Å². The molecule has 2 heteroatoms. The number of aromatic nitrogens is 1. The Labute approximate surface area is 110 Å². The van der Waals surface area contributed by atoms with E-state index in [1.165, 1.54) is 33.3 Å². The normalized spacial score (nSPS) is 11.7. The summed E-state index contributed by atoms with van der Waals surface area (Å²) in [5.74, 6) is 0. The van der Waals surface area contributed by atoms with E-state index < -0.39 is 0 Å². The summed E-state index contributed by atoms with van der Waals surface area (Å²) in [6.07, 6.45) is 1.09. The first-order valence-corrected chi connectivity index (χ1v) is 6.81. The molecule has 0 saturated heterocycles. The van der Waals surface area contributed by atoms with Gasteiger partial charge in [0.15, 0.2) is 0 Å². The van der Waals surface area contributed by atoms with Crippen molar-refractivity contribution in [1.29, 1.82) is 0 Å². The minimum atomic E-state index is 0.555. The molecule has 2 rings (SSSR count). The third kappa shape index (κ3) is 2.59. The molecule has 2 N–H and O–H groups in total. The average Bonchev–Trinajstić information content (AvgIpc) is 2.56. The van der Waals surface area contributed by atoms with Gasteiger partial charge in [-0.2, -0.15) is 0 Å². The summed E-state index contributed by atoms with van der Waals surface area (Å²) in [6.45, 7) is 12.0. The van der Waals surface area contributed by atoms with E-state index in [2.05, 4.69) is 57.1 Å². The van der Waals surface area contributed by atoms with E-state index in [0.29, 0.717) is 6.04 Å². The van der Waals surface area contributed by atoms with Crippen LogP contribution in [0.25, 0.3) is 10.9 Å². The van der Waals surface area contributed by atoms with Crippen molar-refractivity contribution < 1.29 is 0 Å². The second-order valence-electron chi connectivity index (χ2n) is 5.59. The van der Waals surface area contributed by atoms with Gasteiger partial charge in [-0.15, -0.1) is 0 Å². The maximum Gasteiger partial charge on any atom is 0.0488 e. The molecule has 2 nitrogen and oxygen atoms in total. The fourth-order valence-corrected chi connectivity index (χ4v) is 2.64. The van der Waals surface area contributed by atoms with Crippen molar-refractivity contribution in [1.82, 2.24) is 10.3 Å². The maximum absolute atomic E-state index is 3.53. The minimum Gasteiger partial charge on any atom is -0.358 e. The maximum atomic E-state index is 3.53. The van der Waals surface area contributed by atoms with Gasteiger partial charge in [0.2, 0.25) is 0 Å². The Morgan fingerprint density at radius 2 is 1.89 bits per heavy atom. The van der Waals surface area contributed by atoms with E-state index in [-0.39, 0.29) is 0 Å². The van der Waals surface area contributed by atoms with Crippen molar-refractivity contribution in [3.8, 4) is 0 Å². The van der Waals surface area contributed by atoms with E-state index in [9.17, 15) is 0 Å². The molecule has 0 unspecified atom stereocenters. The number of aryl methyl sites for hydroxylation is 3. The molecule has 98 valence electrons. The monoisotopic (exact) mass is 244 g/mol. The van der Waals surface area contributed by atoms with Crippen molar-refractivity contribution >= 4 is 10.9 Å². The van der Waals surface area contributed by atoms with Crippen LogP contribution in [0.2, 0.25) is 0 Å². The molecule has 0 radical (unpaired) electrons. The third-order valence-electron chi connectivity index (χ3n) is 3.50. The summed E-state index contributed by atoms with van der Waals surface area (Å²) in [6, 6.07) is 5.10. The SMILES string of the molecule is Cc1cc(C)c2[nH]c(C)c(CCNC(C)C)c2c1. The van der Waals surface area contributed by atoms with Gasteiger partial charge in [0.25, 0.3) is 0 Å². The molecule has 0 amide bonds. The first-order valence-electron chi connectivity index (χ1n) is 6.81. The molecule has 1 aromatic heterocycles. The number of aromatic amines is 1. The molecule has 0 fully saturated rings. The number of fused-ring (bicyclic) bond motifs is 1. The van der Waals surface area contributed by atoms with Crippen LogP contribution in [0.1, 0.15) is 36.2 Å². The van der Waals surface area contributed by atoms with Crippen LogP contribution in [0.4, 0.5) is 0 Å². The molecule has 0 aliphatic rings.